The van der Waals surface area contributed by atoms with E-state index in [1.165, 1.54) is 30.4 Å². The minimum atomic E-state index is -1.16. The number of carbonyl (C=O) groups excluding carboxylic acids is 3. The first-order chi connectivity index (χ1) is 13.0. The molecule has 140 valence electrons. The molecule has 3 heterocycles. The van der Waals surface area contributed by atoms with Crippen LogP contribution in [0.2, 0.25) is 0 Å². The van der Waals surface area contributed by atoms with Crippen molar-refractivity contribution in [2.75, 3.05) is 14.2 Å². The molecule has 2 aromatic rings. The van der Waals surface area contributed by atoms with Gasteiger partial charge in [-0.2, -0.15) is 0 Å². The number of quaternary nitrogens is 1. The van der Waals surface area contributed by atoms with E-state index in [9.17, 15) is 14.4 Å². The number of thiophene rings is 1. The SMILES string of the molecule is COC(=O)[C@]1(Cc2ccccc2)[NH2+][C@@H](c2cccs2)[C@H]2C(=O)N(C)C(=O)[C@@H]21. The summed E-state index contributed by atoms with van der Waals surface area (Å²) < 4.78 is 5.15. The molecule has 2 saturated heterocycles. The van der Waals surface area contributed by atoms with Crippen molar-refractivity contribution < 1.29 is 24.4 Å². The van der Waals surface area contributed by atoms with Crippen LogP contribution in [0.25, 0.3) is 0 Å². The predicted octanol–water partition coefficient (Wildman–Crippen LogP) is 0.752. The molecule has 7 heteroatoms. The number of nitrogens with zero attached hydrogens (tertiary/aromatic N) is 1. The van der Waals surface area contributed by atoms with E-state index in [2.05, 4.69) is 0 Å². The van der Waals surface area contributed by atoms with Gasteiger partial charge in [0.1, 0.15) is 17.9 Å². The Hall–Kier alpha value is -2.51. The smallest absolute Gasteiger partial charge is 0.369 e. The molecule has 6 nitrogen and oxygen atoms in total. The van der Waals surface area contributed by atoms with Crippen molar-refractivity contribution in [3.05, 3.63) is 58.3 Å². The van der Waals surface area contributed by atoms with Crippen molar-refractivity contribution in [1.82, 2.24) is 4.90 Å². The van der Waals surface area contributed by atoms with Gasteiger partial charge in [0.05, 0.1) is 12.0 Å². The number of nitrogens with two attached hydrogens (primary N) is 1. The van der Waals surface area contributed by atoms with Crippen molar-refractivity contribution in [3.8, 4) is 0 Å². The predicted molar refractivity (Wildman–Crippen MR) is 98.6 cm³/mol. The summed E-state index contributed by atoms with van der Waals surface area (Å²) in [6.07, 6.45) is 0.330. The zero-order valence-electron chi connectivity index (χ0n) is 15.1. The van der Waals surface area contributed by atoms with Crippen LogP contribution in [-0.2, 0) is 25.5 Å². The second-order valence-electron chi connectivity index (χ2n) is 7.14. The standard InChI is InChI=1S/C20H20N2O4S/c1-22-17(23)14-15(18(22)24)20(19(25)26-2,11-12-7-4-3-5-8-12)21-16(14)13-9-6-10-27-13/h3-10,14-16,21H,11H2,1-2H3/p+1/t14-,15+,16-,20+/m0/s1. The van der Waals surface area contributed by atoms with Crippen molar-refractivity contribution in [2.24, 2.45) is 11.8 Å². The fourth-order valence-corrected chi connectivity index (χ4v) is 5.41. The molecule has 2 aliphatic heterocycles. The summed E-state index contributed by atoms with van der Waals surface area (Å²) in [6, 6.07) is 13.2. The molecular formula is C20H21N2O4S+. The Bertz CT molecular complexity index is 883. The number of rotatable bonds is 4. The van der Waals surface area contributed by atoms with Crippen LogP contribution in [0, 0.1) is 11.8 Å². The van der Waals surface area contributed by atoms with E-state index in [0.717, 1.165) is 10.4 Å². The van der Waals surface area contributed by atoms with Gasteiger partial charge in [-0.1, -0.05) is 36.4 Å². The van der Waals surface area contributed by atoms with Gasteiger partial charge in [-0.3, -0.25) is 14.5 Å². The van der Waals surface area contributed by atoms with E-state index >= 15 is 0 Å². The van der Waals surface area contributed by atoms with Crippen LogP contribution in [0.4, 0.5) is 0 Å². The quantitative estimate of drug-likeness (QED) is 0.622. The van der Waals surface area contributed by atoms with Gasteiger partial charge in [0.25, 0.3) is 0 Å². The van der Waals surface area contributed by atoms with E-state index in [4.69, 9.17) is 4.74 Å². The number of hydrogen-bond acceptors (Lipinski definition) is 5. The second kappa shape index (κ2) is 6.58. The highest BCUT2D eigenvalue weighted by molar-refractivity contribution is 7.10. The summed E-state index contributed by atoms with van der Waals surface area (Å²) in [5, 5.41) is 3.84. The molecule has 27 heavy (non-hydrogen) atoms. The maximum absolute atomic E-state index is 13.0. The van der Waals surface area contributed by atoms with Gasteiger partial charge in [-0.05, 0) is 17.0 Å². The van der Waals surface area contributed by atoms with Gasteiger partial charge in [-0.25, -0.2) is 4.79 Å². The van der Waals surface area contributed by atoms with E-state index in [0.29, 0.717) is 6.42 Å². The number of carbonyl (C=O) groups is 3. The molecule has 0 unspecified atom stereocenters. The molecule has 2 aliphatic rings. The number of fused-ring (bicyclic) bond motifs is 1. The van der Waals surface area contributed by atoms with Crippen LogP contribution >= 0.6 is 11.3 Å². The number of hydrogen-bond donors (Lipinski definition) is 1. The van der Waals surface area contributed by atoms with Crippen molar-refractivity contribution in [2.45, 2.75) is 18.0 Å². The highest BCUT2D eigenvalue weighted by Gasteiger charge is 2.72. The number of imide groups is 1. The maximum Gasteiger partial charge on any atom is 0.369 e. The average molecular weight is 385 g/mol. The normalized spacial score (nSPS) is 29.9. The largest absolute Gasteiger partial charge is 0.464 e. The number of methoxy groups -OCH3 is 1. The molecule has 4 atom stereocenters. The van der Waals surface area contributed by atoms with Crippen LogP contribution in [0.5, 0.6) is 0 Å². The lowest BCUT2D eigenvalue weighted by Gasteiger charge is -2.28. The molecular weight excluding hydrogens is 364 g/mol. The summed E-state index contributed by atoms with van der Waals surface area (Å²) >= 11 is 1.53. The molecule has 1 aromatic heterocycles. The summed E-state index contributed by atoms with van der Waals surface area (Å²) in [6.45, 7) is 0. The third-order valence-corrected chi connectivity index (χ3v) is 6.74. The minimum absolute atomic E-state index is 0.224. The topological polar surface area (TPSA) is 80.3 Å². The Morgan fingerprint density at radius 2 is 1.93 bits per heavy atom. The van der Waals surface area contributed by atoms with E-state index in [1.807, 2.05) is 53.2 Å². The van der Waals surface area contributed by atoms with Crippen molar-refractivity contribution in [3.63, 3.8) is 0 Å². The average Bonchev–Trinajstić information content (AvgIpc) is 3.37. The van der Waals surface area contributed by atoms with Crippen molar-refractivity contribution in [1.29, 1.82) is 0 Å². The van der Waals surface area contributed by atoms with Gasteiger partial charge >= 0.3 is 5.97 Å². The summed E-state index contributed by atoms with van der Waals surface area (Å²) in [7, 11) is 2.83. The molecule has 0 radical (unpaired) electrons. The van der Waals surface area contributed by atoms with Gasteiger partial charge in [0.15, 0.2) is 0 Å². The van der Waals surface area contributed by atoms with Crippen LogP contribution in [-0.4, -0.2) is 42.4 Å². The Labute approximate surface area is 161 Å². The molecule has 2 fully saturated rings. The number of ether oxygens (including phenoxy) is 1. The lowest BCUT2D eigenvalue weighted by Crippen LogP contribution is -2.98. The minimum Gasteiger partial charge on any atom is -0.464 e. The second-order valence-corrected chi connectivity index (χ2v) is 8.12. The van der Waals surface area contributed by atoms with Crippen LogP contribution in [0.1, 0.15) is 16.5 Å². The summed E-state index contributed by atoms with van der Waals surface area (Å²) in [5.41, 5.74) is -0.230. The third-order valence-electron chi connectivity index (χ3n) is 5.77. The zero-order valence-corrected chi connectivity index (χ0v) is 15.9. The molecule has 1 aromatic carbocycles. The first kappa shape index (κ1) is 17.9. The Morgan fingerprint density at radius 1 is 1.19 bits per heavy atom. The summed E-state index contributed by atoms with van der Waals surface area (Å²) in [5.74, 6) is -2.30. The first-order valence-electron chi connectivity index (χ1n) is 8.83. The summed E-state index contributed by atoms with van der Waals surface area (Å²) in [4.78, 5) is 41.1. The third kappa shape index (κ3) is 2.61. The molecule has 2 N–H and O–H groups in total. The monoisotopic (exact) mass is 385 g/mol. The molecule has 0 bridgehead atoms. The number of likely N-dealkylation sites (tertiary alicyclic amines) is 1. The molecule has 0 saturated carbocycles. The fourth-order valence-electron chi connectivity index (χ4n) is 4.57. The highest BCUT2D eigenvalue weighted by atomic mass is 32.1. The van der Waals surface area contributed by atoms with Gasteiger partial charge in [-0.15, -0.1) is 11.3 Å². The lowest BCUT2D eigenvalue weighted by molar-refractivity contribution is -0.733. The van der Waals surface area contributed by atoms with Gasteiger partial charge in [0, 0.05) is 13.5 Å². The van der Waals surface area contributed by atoms with E-state index in [1.54, 1.807) is 0 Å². The first-order valence-corrected chi connectivity index (χ1v) is 9.71. The van der Waals surface area contributed by atoms with Crippen molar-refractivity contribution >= 4 is 29.1 Å². The Balaban J connectivity index is 1.85. The Morgan fingerprint density at radius 3 is 2.56 bits per heavy atom. The molecule has 4 rings (SSSR count). The van der Waals surface area contributed by atoms with Gasteiger partial charge < -0.3 is 10.1 Å². The fraction of sp³-hybridized carbons (Fsp3) is 0.350. The number of benzene rings is 1. The molecule has 2 amide bonds. The Kier molecular flexibility index (Phi) is 4.36. The number of esters is 1. The van der Waals surface area contributed by atoms with Gasteiger partial charge in [0.2, 0.25) is 17.4 Å². The van der Waals surface area contributed by atoms with E-state index in [-0.39, 0.29) is 17.9 Å². The lowest BCUT2D eigenvalue weighted by atomic mass is 9.76. The molecule has 0 spiro atoms. The van der Waals surface area contributed by atoms with E-state index < -0.39 is 23.3 Å². The van der Waals surface area contributed by atoms with Crippen LogP contribution in [0.3, 0.4) is 0 Å². The maximum atomic E-state index is 13.0. The number of amides is 2. The highest BCUT2D eigenvalue weighted by Crippen LogP contribution is 2.46. The zero-order chi connectivity index (χ0) is 19.2. The van der Waals surface area contributed by atoms with Crippen LogP contribution in [0.15, 0.2) is 47.8 Å². The molecule has 0 aliphatic carbocycles. The van der Waals surface area contributed by atoms with Crippen LogP contribution < -0.4 is 5.32 Å².